The molecule has 0 radical (unpaired) electrons. The Bertz CT molecular complexity index is 1250. The molecule has 1 aromatic heterocycles. The van der Waals surface area contributed by atoms with Crippen molar-refractivity contribution in [2.75, 3.05) is 24.5 Å². The van der Waals surface area contributed by atoms with Gasteiger partial charge in [-0.1, -0.05) is 48.5 Å². The predicted octanol–water partition coefficient (Wildman–Crippen LogP) is 6.17. The molecule has 0 bridgehead atoms. The summed E-state index contributed by atoms with van der Waals surface area (Å²) in [6.07, 6.45) is 0.876. The van der Waals surface area contributed by atoms with Crippen LogP contribution in [0.15, 0.2) is 78.9 Å². The number of hydrogen-bond acceptors (Lipinski definition) is 3. The SMILES string of the molecule is CCN(CCCNC(=O)c1cc(-c2ccc(C)c(C)c2)nc2ccccc12)c1ccccc1. The van der Waals surface area contributed by atoms with E-state index in [4.69, 9.17) is 4.98 Å². The Hall–Kier alpha value is -3.66. The first-order valence-corrected chi connectivity index (χ1v) is 11.6. The lowest BCUT2D eigenvalue weighted by molar-refractivity contribution is 0.0955. The van der Waals surface area contributed by atoms with E-state index >= 15 is 0 Å². The van der Waals surface area contributed by atoms with Crippen LogP contribution in [0.4, 0.5) is 5.69 Å². The Morgan fingerprint density at radius 1 is 0.909 bits per heavy atom. The Balaban J connectivity index is 1.50. The molecule has 1 heterocycles. The summed E-state index contributed by atoms with van der Waals surface area (Å²) < 4.78 is 0. The van der Waals surface area contributed by atoms with Crippen LogP contribution in [0, 0.1) is 13.8 Å². The van der Waals surface area contributed by atoms with Gasteiger partial charge in [0.15, 0.2) is 0 Å². The Labute approximate surface area is 196 Å². The van der Waals surface area contributed by atoms with E-state index in [9.17, 15) is 4.79 Å². The van der Waals surface area contributed by atoms with E-state index in [1.807, 2.05) is 36.4 Å². The van der Waals surface area contributed by atoms with Crippen molar-refractivity contribution >= 4 is 22.5 Å². The Kier molecular flexibility index (Phi) is 7.04. The first kappa shape index (κ1) is 22.5. The maximum Gasteiger partial charge on any atom is 0.252 e. The number of carbonyl (C=O) groups excluding carboxylic acids is 1. The van der Waals surface area contributed by atoms with Crippen LogP contribution < -0.4 is 10.2 Å². The van der Waals surface area contributed by atoms with Gasteiger partial charge in [0, 0.05) is 36.3 Å². The summed E-state index contributed by atoms with van der Waals surface area (Å²) in [6.45, 7) is 8.81. The van der Waals surface area contributed by atoms with E-state index in [0.717, 1.165) is 41.7 Å². The number of para-hydroxylation sites is 2. The maximum atomic E-state index is 13.2. The molecule has 3 aromatic carbocycles. The van der Waals surface area contributed by atoms with E-state index in [0.29, 0.717) is 12.1 Å². The number of rotatable bonds is 8. The number of aryl methyl sites for hydroxylation is 2. The average Bonchev–Trinajstić information content (AvgIpc) is 2.85. The normalized spacial score (nSPS) is 10.9. The van der Waals surface area contributed by atoms with E-state index in [1.165, 1.54) is 16.8 Å². The van der Waals surface area contributed by atoms with Crippen molar-refractivity contribution in [3.63, 3.8) is 0 Å². The summed E-state index contributed by atoms with van der Waals surface area (Å²) in [6, 6.07) is 26.5. The van der Waals surface area contributed by atoms with E-state index in [-0.39, 0.29) is 5.91 Å². The fourth-order valence-corrected chi connectivity index (χ4v) is 4.09. The smallest absolute Gasteiger partial charge is 0.252 e. The van der Waals surface area contributed by atoms with Crippen LogP contribution in [0.5, 0.6) is 0 Å². The molecule has 4 rings (SSSR count). The van der Waals surface area contributed by atoms with Crippen molar-refractivity contribution < 1.29 is 4.79 Å². The Morgan fingerprint density at radius 2 is 1.67 bits per heavy atom. The molecule has 1 amide bonds. The minimum Gasteiger partial charge on any atom is -0.372 e. The van der Waals surface area contributed by atoms with Gasteiger partial charge in [-0.3, -0.25) is 4.79 Å². The van der Waals surface area contributed by atoms with Gasteiger partial charge < -0.3 is 10.2 Å². The summed E-state index contributed by atoms with van der Waals surface area (Å²) in [5.74, 6) is -0.0542. The quantitative estimate of drug-likeness (QED) is 0.336. The number of fused-ring (bicyclic) bond motifs is 1. The summed E-state index contributed by atoms with van der Waals surface area (Å²) >= 11 is 0. The van der Waals surface area contributed by atoms with Gasteiger partial charge in [-0.15, -0.1) is 0 Å². The second-order valence-electron chi connectivity index (χ2n) is 8.40. The topological polar surface area (TPSA) is 45.2 Å². The second kappa shape index (κ2) is 10.3. The molecule has 1 N–H and O–H groups in total. The van der Waals surface area contributed by atoms with Gasteiger partial charge in [0.25, 0.3) is 5.91 Å². The lowest BCUT2D eigenvalue weighted by atomic mass is 10.0. The van der Waals surface area contributed by atoms with E-state index in [1.54, 1.807) is 0 Å². The average molecular weight is 438 g/mol. The van der Waals surface area contributed by atoms with Gasteiger partial charge >= 0.3 is 0 Å². The number of carbonyl (C=O) groups is 1. The molecule has 0 fully saturated rings. The minimum atomic E-state index is -0.0542. The molecule has 168 valence electrons. The van der Waals surface area contributed by atoms with Crippen LogP contribution >= 0.6 is 0 Å². The van der Waals surface area contributed by atoms with Crippen LogP contribution in [0.3, 0.4) is 0 Å². The number of hydrogen-bond donors (Lipinski definition) is 1. The lowest BCUT2D eigenvalue weighted by Crippen LogP contribution is -2.30. The maximum absolute atomic E-state index is 13.2. The van der Waals surface area contributed by atoms with E-state index < -0.39 is 0 Å². The summed E-state index contributed by atoms with van der Waals surface area (Å²) in [7, 11) is 0. The molecule has 33 heavy (non-hydrogen) atoms. The number of benzene rings is 3. The molecule has 0 unspecified atom stereocenters. The fraction of sp³-hybridized carbons (Fsp3) is 0.241. The zero-order chi connectivity index (χ0) is 23.2. The number of aromatic nitrogens is 1. The van der Waals surface area contributed by atoms with Gasteiger partial charge in [0.1, 0.15) is 0 Å². The monoisotopic (exact) mass is 437 g/mol. The molecule has 0 spiro atoms. The number of nitrogens with zero attached hydrogens (tertiary/aromatic N) is 2. The highest BCUT2D eigenvalue weighted by Crippen LogP contribution is 2.26. The van der Waals surface area contributed by atoms with Crippen LogP contribution in [-0.4, -0.2) is 30.5 Å². The molecular weight excluding hydrogens is 406 g/mol. The van der Waals surface area contributed by atoms with Gasteiger partial charge in [-0.05, 0) is 68.7 Å². The highest BCUT2D eigenvalue weighted by Gasteiger charge is 2.14. The van der Waals surface area contributed by atoms with Crippen molar-refractivity contribution in [2.24, 2.45) is 0 Å². The highest BCUT2D eigenvalue weighted by molar-refractivity contribution is 6.07. The third kappa shape index (κ3) is 5.23. The first-order chi connectivity index (χ1) is 16.1. The molecule has 0 aliphatic rings. The van der Waals surface area contributed by atoms with Gasteiger partial charge in [0.2, 0.25) is 0 Å². The molecule has 0 aliphatic carbocycles. The van der Waals surface area contributed by atoms with Crippen molar-refractivity contribution in [1.29, 1.82) is 0 Å². The third-order valence-electron chi connectivity index (χ3n) is 6.16. The molecule has 0 atom stereocenters. The molecule has 4 nitrogen and oxygen atoms in total. The number of amides is 1. The largest absolute Gasteiger partial charge is 0.372 e. The predicted molar refractivity (Wildman–Crippen MR) is 138 cm³/mol. The zero-order valence-electron chi connectivity index (χ0n) is 19.6. The standard InChI is InChI=1S/C29H31N3O/c1-4-32(24-11-6-5-7-12-24)18-10-17-30-29(33)26-20-28(23-16-15-21(2)22(3)19-23)31-27-14-9-8-13-25(26)27/h5-9,11-16,19-20H,4,10,17-18H2,1-3H3,(H,30,33). The summed E-state index contributed by atoms with van der Waals surface area (Å²) in [5.41, 5.74) is 7.03. The van der Waals surface area contributed by atoms with Crippen LogP contribution in [0.2, 0.25) is 0 Å². The van der Waals surface area contributed by atoms with Crippen molar-refractivity contribution in [2.45, 2.75) is 27.2 Å². The highest BCUT2D eigenvalue weighted by atomic mass is 16.1. The number of anilines is 1. The van der Waals surface area contributed by atoms with Gasteiger partial charge in [-0.2, -0.15) is 0 Å². The number of nitrogens with one attached hydrogen (secondary N) is 1. The van der Waals surface area contributed by atoms with E-state index in [2.05, 4.69) is 73.5 Å². The van der Waals surface area contributed by atoms with Crippen molar-refractivity contribution in [1.82, 2.24) is 10.3 Å². The summed E-state index contributed by atoms with van der Waals surface area (Å²) in [4.78, 5) is 20.4. The zero-order valence-corrected chi connectivity index (χ0v) is 19.6. The van der Waals surface area contributed by atoms with Crippen molar-refractivity contribution in [3.8, 4) is 11.3 Å². The second-order valence-corrected chi connectivity index (χ2v) is 8.40. The molecular formula is C29H31N3O. The molecule has 4 heteroatoms. The lowest BCUT2D eigenvalue weighted by Gasteiger charge is -2.23. The van der Waals surface area contributed by atoms with Gasteiger partial charge in [0.05, 0.1) is 16.8 Å². The number of pyridine rings is 1. The minimum absolute atomic E-state index is 0.0542. The molecule has 0 aliphatic heterocycles. The Morgan fingerprint density at radius 3 is 2.42 bits per heavy atom. The van der Waals surface area contributed by atoms with Gasteiger partial charge in [-0.25, -0.2) is 4.98 Å². The van der Waals surface area contributed by atoms with Crippen LogP contribution in [-0.2, 0) is 0 Å². The summed E-state index contributed by atoms with van der Waals surface area (Å²) in [5, 5.41) is 4.00. The van der Waals surface area contributed by atoms with Crippen molar-refractivity contribution in [3.05, 3.63) is 95.6 Å². The fourth-order valence-electron chi connectivity index (χ4n) is 4.09. The molecule has 0 saturated carbocycles. The molecule has 0 saturated heterocycles. The third-order valence-corrected chi connectivity index (χ3v) is 6.16. The first-order valence-electron chi connectivity index (χ1n) is 11.6. The molecule has 4 aromatic rings. The van der Waals surface area contributed by atoms with Crippen LogP contribution in [0.25, 0.3) is 22.2 Å². The van der Waals surface area contributed by atoms with Crippen LogP contribution in [0.1, 0.15) is 34.8 Å².